The lowest BCUT2D eigenvalue weighted by molar-refractivity contribution is -0.139. The van der Waals surface area contributed by atoms with E-state index in [1.54, 1.807) is 16.7 Å². The fraction of sp³-hybridized carbons (Fsp3) is 0.556. The van der Waals surface area contributed by atoms with Crippen molar-refractivity contribution in [1.82, 2.24) is 10.2 Å². The van der Waals surface area contributed by atoms with Crippen LogP contribution in [0, 0.1) is 5.92 Å². The van der Waals surface area contributed by atoms with Gasteiger partial charge in [-0.05, 0) is 44.4 Å². The van der Waals surface area contributed by atoms with Crippen LogP contribution in [0.25, 0.3) is 0 Å². The highest BCUT2D eigenvalue weighted by molar-refractivity contribution is 7.98. The Bertz CT molecular complexity index is 619. The molecule has 2 amide bonds. The molecule has 2 aliphatic rings. The first-order valence-electron chi connectivity index (χ1n) is 8.49. The van der Waals surface area contributed by atoms with Crippen molar-refractivity contribution in [2.24, 2.45) is 5.92 Å². The molecule has 0 bridgehead atoms. The Morgan fingerprint density at radius 2 is 1.96 bits per heavy atom. The van der Waals surface area contributed by atoms with E-state index in [4.69, 9.17) is 0 Å². The quantitative estimate of drug-likeness (QED) is 0.850. The summed E-state index contributed by atoms with van der Waals surface area (Å²) in [5.74, 6) is -0.0704. The highest BCUT2D eigenvalue weighted by Gasteiger charge is 2.39. The second-order valence-corrected chi connectivity index (χ2v) is 7.50. The van der Waals surface area contributed by atoms with Crippen LogP contribution < -0.4 is 10.2 Å². The maximum Gasteiger partial charge on any atom is 0.228 e. The van der Waals surface area contributed by atoms with Gasteiger partial charge in [0.1, 0.15) is 0 Å². The van der Waals surface area contributed by atoms with Crippen LogP contribution in [0.15, 0.2) is 29.2 Å². The monoisotopic (exact) mass is 347 g/mol. The molecule has 0 aliphatic carbocycles. The van der Waals surface area contributed by atoms with Gasteiger partial charge < -0.3 is 15.1 Å². The van der Waals surface area contributed by atoms with Crippen molar-refractivity contribution >= 4 is 29.3 Å². The van der Waals surface area contributed by atoms with Gasteiger partial charge >= 0.3 is 0 Å². The van der Waals surface area contributed by atoms with E-state index in [0.29, 0.717) is 13.0 Å². The predicted octanol–water partition coefficient (Wildman–Crippen LogP) is 1.97. The Morgan fingerprint density at radius 3 is 2.62 bits per heavy atom. The smallest absolute Gasteiger partial charge is 0.228 e. The molecule has 1 N–H and O–H groups in total. The van der Waals surface area contributed by atoms with E-state index in [1.165, 1.54) is 4.90 Å². The van der Waals surface area contributed by atoms with Crippen molar-refractivity contribution in [2.75, 3.05) is 30.8 Å². The third-order valence-electron chi connectivity index (χ3n) is 5.18. The topological polar surface area (TPSA) is 52.7 Å². The molecule has 0 spiro atoms. The highest BCUT2D eigenvalue weighted by Crippen LogP contribution is 2.28. The Hall–Kier alpha value is -1.53. The van der Waals surface area contributed by atoms with Gasteiger partial charge in [-0.3, -0.25) is 9.59 Å². The minimum absolute atomic E-state index is 0.0427. The molecule has 2 heterocycles. The summed E-state index contributed by atoms with van der Waals surface area (Å²) in [6.07, 6.45) is 2.34. The van der Waals surface area contributed by atoms with Crippen LogP contribution in [-0.2, 0) is 9.59 Å². The fourth-order valence-electron chi connectivity index (χ4n) is 3.49. The number of benzene rings is 1. The Labute approximate surface area is 147 Å². The SMILES string of the molecule is CSc1ccc(N2CC(C(=O)N3CCNC(C)C3C)CC2=O)cc1. The third kappa shape index (κ3) is 3.30. The molecule has 2 aliphatic heterocycles. The summed E-state index contributed by atoms with van der Waals surface area (Å²) in [5.41, 5.74) is 0.884. The van der Waals surface area contributed by atoms with Gasteiger partial charge in [0, 0.05) is 48.7 Å². The van der Waals surface area contributed by atoms with Crippen molar-refractivity contribution < 1.29 is 9.59 Å². The van der Waals surface area contributed by atoms with Crippen molar-refractivity contribution in [1.29, 1.82) is 0 Å². The summed E-state index contributed by atoms with van der Waals surface area (Å²) in [5, 5.41) is 3.39. The van der Waals surface area contributed by atoms with Gasteiger partial charge in [-0.1, -0.05) is 0 Å². The molecule has 3 unspecified atom stereocenters. The standard InChI is InChI=1S/C18H25N3O2S/c1-12-13(2)20(9-8-19-12)18(23)14-10-17(22)21(11-14)15-4-6-16(24-3)7-5-15/h4-7,12-14,19H,8-11H2,1-3H3. The molecule has 3 atom stereocenters. The predicted molar refractivity (Wildman–Crippen MR) is 97.3 cm³/mol. The van der Waals surface area contributed by atoms with Crippen molar-refractivity contribution in [2.45, 2.75) is 37.2 Å². The molecule has 24 heavy (non-hydrogen) atoms. The second kappa shape index (κ2) is 7.15. The normalized spacial score (nSPS) is 27.6. The van der Waals surface area contributed by atoms with E-state index in [9.17, 15) is 9.59 Å². The number of nitrogens with zero attached hydrogens (tertiary/aromatic N) is 2. The number of carbonyl (C=O) groups is 2. The number of hydrogen-bond acceptors (Lipinski definition) is 4. The number of hydrogen-bond donors (Lipinski definition) is 1. The van der Waals surface area contributed by atoms with Gasteiger partial charge in [-0.2, -0.15) is 0 Å². The van der Waals surface area contributed by atoms with E-state index in [0.717, 1.165) is 18.8 Å². The van der Waals surface area contributed by atoms with Crippen LogP contribution in [0.4, 0.5) is 5.69 Å². The molecule has 3 rings (SSSR count). The molecular weight excluding hydrogens is 322 g/mol. The summed E-state index contributed by atoms with van der Waals surface area (Å²) in [6.45, 7) is 6.20. The molecule has 2 saturated heterocycles. The van der Waals surface area contributed by atoms with Crippen LogP contribution in [0.3, 0.4) is 0 Å². The summed E-state index contributed by atoms with van der Waals surface area (Å²) in [6, 6.07) is 8.41. The Kier molecular flexibility index (Phi) is 5.15. The molecule has 6 heteroatoms. The maximum atomic E-state index is 12.9. The molecular formula is C18H25N3O2S. The first-order chi connectivity index (χ1) is 11.5. The third-order valence-corrected chi connectivity index (χ3v) is 5.92. The average molecular weight is 347 g/mol. The number of amides is 2. The number of carbonyl (C=O) groups excluding carboxylic acids is 2. The van der Waals surface area contributed by atoms with Gasteiger partial charge in [-0.15, -0.1) is 11.8 Å². The van der Waals surface area contributed by atoms with E-state index in [1.807, 2.05) is 35.4 Å². The Morgan fingerprint density at radius 1 is 1.25 bits per heavy atom. The minimum Gasteiger partial charge on any atom is -0.337 e. The number of rotatable bonds is 3. The van der Waals surface area contributed by atoms with E-state index < -0.39 is 0 Å². The van der Waals surface area contributed by atoms with Gasteiger partial charge in [0.2, 0.25) is 11.8 Å². The van der Waals surface area contributed by atoms with Crippen molar-refractivity contribution in [3.63, 3.8) is 0 Å². The molecule has 130 valence electrons. The molecule has 0 radical (unpaired) electrons. The van der Waals surface area contributed by atoms with E-state index in [2.05, 4.69) is 19.2 Å². The second-order valence-electron chi connectivity index (χ2n) is 6.62. The van der Waals surface area contributed by atoms with Gasteiger partial charge in [0.05, 0.1) is 5.92 Å². The number of thioether (sulfide) groups is 1. The van der Waals surface area contributed by atoms with Crippen LogP contribution in [0.2, 0.25) is 0 Å². The first kappa shape index (κ1) is 17.3. The van der Waals surface area contributed by atoms with E-state index >= 15 is 0 Å². The molecule has 5 nitrogen and oxygen atoms in total. The molecule has 0 aromatic heterocycles. The van der Waals surface area contributed by atoms with Crippen LogP contribution in [0.5, 0.6) is 0 Å². The van der Waals surface area contributed by atoms with Gasteiger partial charge in [0.25, 0.3) is 0 Å². The summed E-state index contributed by atoms with van der Waals surface area (Å²) >= 11 is 1.68. The lowest BCUT2D eigenvalue weighted by atomic mass is 10.0. The van der Waals surface area contributed by atoms with Crippen LogP contribution in [-0.4, -0.2) is 54.7 Å². The zero-order valence-electron chi connectivity index (χ0n) is 14.5. The summed E-state index contributed by atoms with van der Waals surface area (Å²) in [4.78, 5) is 30.2. The average Bonchev–Trinajstić information content (AvgIpc) is 2.98. The zero-order chi connectivity index (χ0) is 17.3. The summed E-state index contributed by atoms with van der Waals surface area (Å²) < 4.78 is 0. The van der Waals surface area contributed by atoms with Crippen LogP contribution in [0.1, 0.15) is 20.3 Å². The van der Waals surface area contributed by atoms with Crippen LogP contribution >= 0.6 is 11.8 Å². The zero-order valence-corrected chi connectivity index (χ0v) is 15.3. The largest absolute Gasteiger partial charge is 0.337 e. The lowest BCUT2D eigenvalue weighted by Crippen LogP contribution is -2.58. The highest BCUT2D eigenvalue weighted by atomic mass is 32.2. The van der Waals surface area contributed by atoms with Gasteiger partial charge in [-0.25, -0.2) is 0 Å². The van der Waals surface area contributed by atoms with Gasteiger partial charge in [0.15, 0.2) is 0 Å². The number of piperazine rings is 1. The van der Waals surface area contributed by atoms with Crippen molar-refractivity contribution in [3.8, 4) is 0 Å². The fourth-order valence-corrected chi connectivity index (χ4v) is 3.90. The molecule has 0 saturated carbocycles. The maximum absolute atomic E-state index is 12.9. The Balaban J connectivity index is 1.70. The number of anilines is 1. The lowest BCUT2D eigenvalue weighted by Gasteiger charge is -2.39. The molecule has 2 fully saturated rings. The van der Waals surface area contributed by atoms with Crippen molar-refractivity contribution in [3.05, 3.63) is 24.3 Å². The molecule has 1 aromatic rings. The van der Waals surface area contributed by atoms with E-state index in [-0.39, 0.29) is 29.8 Å². The number of nitrogens with one attached hydrogen (secondary N) is 1. The molecule has 1 aromatic carbocycles. The minimum atomic E-state index is -0.231. The first-order valence-corrected chi connectivity index (χ1v) is 9.72. The summed E-state index contributed by atoms with van der Waals surface area (Å²) in [7, 11) is 0.